The molecule has 0 spiro atoms. The van der Waals surface area contributed by atoms with Crippen LogP contribution >= 0.6 is 0 Å². The van der Waals surface area contributed by atoms with E-state index in [4.69, 9.17) is 19.4 Å². The van der Waals surface area contributed by atoms with Crippen molar-refractivity contribution in [3.63, 3.8) is 0 Å². The third-order valence-corrected chi connectivity index (χ3v) is 9.90. The van der Waals surface area contributed by atoms with E-state index in [1.165, 1.54) is 0 Å². The monoisotopic (exact) mass is 866 g/mol. The summed E-state index contributed by atoms with van der Waals surface area (Å²) in [6.07, 6.45) is 1.84. The van der Waals surface area contributed by atoms with Gasteiger partial charge in [0.25, 0.3) is 0 Å². The second-order valence-corrected chi connectivity index (χ2v) is 16.7. The third-order valence-electron chi connectivity index (χ3n) is 9.90. The second-order valence-electron chi connectivity index (χ2n) is 16.7. The van der Waals surface area contributed by atoms with Crippen LogP contribution in [0.4, 0.5) is 0 Å². The molecule has 0 aliphatic rings. The molecule has 0 saturated carbocycles. The molecule has 0 amide bonds. The number of rotatable bonds is 3. The molecule has 0 bridgehead atoms. The fraction of sp³-hybridized carbons (Fsp3) is 0.267. The fourth-order valence-corrected chi connectivity index (χ4v) is 6.98. The number of phenolic OH excluding ortho intramolecular Hbond substituents is 1. The summed E-state index contributed by atoms with van der Waals surface area (Å²) in [5.41, 5.74) is 9.15. The average molecular weight is 867 g/mol. The number of aromatic hydroxyl groups is 1. The number of nitrogens with zero attached hydrogens (tertiary/aromatic N) is 4. The van der Waals surface area contributed by atoms with Gasteiger partial charge >= 0.3 is 0 Å². The molecule has 8 rings (SSSR count). The number of para-hydroxylation sites is 2. The molecule has 6 nitrogen and oxygen atoms in total. The van der Waals surface area contributed by atoms with Crippen molar-refractivity contribution in [2.75, 3.05) is 0 Å². The van der Waals surface area contributed by atoms with Gasteiger partial charge in [-0.2, -0.15) is 0 Å². The Morgan fingerprint density at radius 3 is 2.06 bits per heavy atom. The summed E-state index contributed by atoms with van der Waals surface area (Å²) in [6, 6.07) is 32.7. The Morgan fingerprint density at radius 2 is 1.35 bits per heavy atom. The van der Waals surface area contributed by atoms with E-state index in [9.17, 15) is 5.11 Å². The summed E-state index contributed by atoms with van der Waals surface area (Å²) in [5, 5.41) is 15.1. The van der Waals surface area contributed by atoms with Crippen molar-refractivity contribution in [2.24, 2.45) is 0 Å². The van der Waals surface area contributed by atoms with Gasteiger partial charge in [0.05, 0.1) is 11.1 Å². The largest absolute Gasteiger partial charge is 0.507 e. The van der Waals surface area contributed by atoms with Crippen LogP contribution in [-0.2, 0) is 37.3 Å². The molecule has 8 aromatic rings. The molecule has 0 saturated heterocycles. The zero-order valence-corrected chi connectivity index (χ0v) is 33.4. The van der Waals surface area contributed by atoms with Crippen molar-refractivity contribution in [1.29, 1.82) is 0 Å². The van der Waals surface area contributed by atoms with Crippen LogP contribution < -0.4 is 0 Å². The van der Waals surface area contributed by atoms with Gasteiger partial charge in [-0.1, -0.05) is 98.7 Å². The van der Waals surface area contributed by atoms with E-state index in [2.05, 4.69) is 121 Å². The van der Waals surface area contributed by atoms with Crippen molar-refractivity contribution in [3.8, 4) is 34.1 Å². The van der Waals surface area contributed by atoms with Gasteiger partial charge < -0.3 is 14.1 Å². The van der Waals surface area contributed by atoms with Crippen molar-refractivity contribution in [2.45, 2.75) is 78.6 Å². The van der Waals surface area contributed by atoms with Gasteiger partial charge in [0, 0.05) is 54.7 Å². The first-order chi connectivity index (χ1) is 24.1. The summed E-state index contributed by atoms with van der Waals surface area (Å²) >= 11 is 0. The van der Waals surface area contributed by atoms with E-state index >= 15 is 0 Å². The van der Waals surface area contributed by atoms with E-state index in [-0.39, 0.29) is 43.1 Å². The Hall–Kier alpha value is -4.80. The number of fused-ring (bicyclic) bond motifs is 6. The number of benzene rings is 4. The number of furan rings is 1. The zero-order chi connectivity index (χ0) is 36.0. The molecule has 52 heavy (non-hydrogen) atoms. The van der Waals surface area contributed by atoms with Crippen molar-refractivity contribution in [1.82, 2.24) is 19.5 Å². The minimum absolute atomic E-state index is 0. The molecule has 0 radical (unpaired) electrons. The molecule has 0 aliphatic carbocycles. The summed E-state index contributed by atoms with van der Waals surface area (Å²) in [7, 11) is 0. The molecule has 0 aliphatic heterocycles. The molecule has 0 fully saturated rings. The third kappa shape index (κ3) is 5.91. The SMILES string of the molecule is CC(C)(C)c1cc(-c2nc(-c3cc(C(C)(C)C)cc(C(C)(C)C)c3O)nc3c2oc2ccccc23)[c-]c(-n2c3ccccc3c3cccnc32)c1.[Pt]. The van der Waals surface area contributed by atoms with Crippen molar-refractivity contribution < 1.29 is 30.6 Å². The molecule has 4 aromatic heterocycles. The number of hydrogen-bond acceptors (Lipinski definition) is 5. The maximum absolute atomic E-state index is 12.0. The van der Waals surface area contributed by atoms with Gasteiger partial charge in [-0.05, 0) is 63.9 Å². The quantitative estimate of drug-likeness (QED) is 0.179. The Morgan fingerprint density at radius 1 is 0.692 bits per heavy atom. The summed E-state index contributed by atoms with van der Waals surface area (Å²) in [6.45, 7) is 19.6. The number of pyridine rings is 1. The van der Waals surface area contributed by atoms with Crippen LogP contribution in [0.3, 0.4) is 0 Å². The first-order valence-corrected chi connectivity index (χ1v) is 17.6. The number of phenols is 1. The predicted molar refractivity (Wildman–Crippen MR) is 209 cm³/mol. The predicted octanol–water partition coefficient (Wildman–Crippen LogP) is 11.6. The molecule has 4 heterocycles. The van der Waals surface area contributed by atoms with Crippen molar-refractivity contribution in [3.05, 3.63) is 114 Å². The topological polar surface area (TPSA) is 77.0 Å². The normalized spacial score (nSPS) is 12.6. The van der Waals surface area contributed by atoms with Crippen LogP contribution in [-0.4, -0.2) is 24.6 Å². The maximum atomic E-state index is 12.0. The van der Waals surface area contributed by atoms with Gasteiger partial charge in [0.1, 0.15) is 28.1 Å². The molecule has 0 unspecified atom stereocenters. The van der Waals surface area contributed by atoms with Gasteiger partial charge in [0.2, 0.25) is 0 Å². The number of aromatic nitrogens is 4. The van der Waals surface area contributed by atoms with Crippen molar-refractivity contribution >= 4 is 44.0 Å². The maximum Gasteiger partial charge on any atom is 0.155 e. The molecular formula is C45H43N4O2Pt-. The van der Waals surface area contributed by atoms with Gasteiger partial charge in [-0.25, -0.2) is 9.97 Å². The molecule has 1 N–H and O–H groups in total. The Bertz CT molecular complexity index is 2610. The first kappa shape index (κ1) is 35.6. The van der Waals surface area contributed by atoms with Crippen LogP contribution in [0.25, 0.3) is 72.3 Å². The first-order valence-electron chi connectivity index (χ1n) is 17.6. The molecule has 266 valence electrons. The summed E-state index contributed by atoms with van der Waals surface area (Å²) in [5.74, 6) is 0.630. The minimum Gasteiger partial charge on any atom is -0.507 e. The van der Waals surface area contributed by atoms with E-state index in [1.807, 2.05) is 42.6 Å². The van der Waals surface area contributed by atoms with Crippen LogP contribution in [0.5, 0.6) is 5.75 Å². The Kier molecular flexibility index (Phi) is 8.50. The summed E-state index contributed by atoms with van der Waals surface area (Å²) < 4.78 is 8.78. The zero-order valence-electron chi connectivity index (χ0n) is 31.1. The smallest absolute Gasteiger partial charge is 0.155 e. The Labute approximate surface area is 319 Å². The van der Waals surface area contributed by atoms with E-state index < -0.39 is 0 Å². The van der Waals surface area contributed by atoms with Gasteiger partial charge in [-0.3, -0.25) is 4.98 Å². The second kappa shape index (κ2) is 12.4. The van der Waals surface area contributed by atoms with Crippen LogP contribution in [0.1, 0.15) is 79.0 Å². The van der Waals surface area contributed by atoms with E-state index in [0.717, 1.165) is 60.8 Å². The average Bonchev–Trinajstić information content (AvgIpc) is 3.62. The van der Waals surface area contributed by atoms with Crippen LogP contribution in [0.2, 0.25) is 0 Å². The van der Waals surface area contributed by atoms with Crippen LogP contribution in [0, 0.1) is 6.07 Å². The number of hydrogen-bond donors (Lipinski definition) is 1. The molecule has 7 heteroatoms. The Balaban J connectivity index is 0.00000420. The van der Waals surface area contributed by atoms with Gasteiger partial charge in [-0.15, -0.1) is 29.3 Å². The molecule has 0 atom stereocenters. The van der Waals surface area contributed by atoms with E-state index in [1.54, 1.807) is 0 Å². The summed E-state index contributed by atoms with van der Waals surface area (Å²) in [4.78, 5) is 15.3. The standard InChI is InChI=1S/C45H43N4O2.Pt/c1-43(2,3)27-21-26(22-29(23-27)49-35-18-12-10-15-30(35)31-17-14-20-46-42(31)49)37-40-38(32-16-11-13-19-36(32)51-40)48-41(47-37)33-24-28(44(4,5)6)25-34(39(33)50)45(7,8)9;/h10-21,23-25,50H,1-9H3;/q-1;. The van der Waals surface area contributed by atoms with Gasteiger partial charge in [0.15, 0.2) is 5.82 Å². The minimum atomic E-state index is -0.310. The van der Waals surface area contributed by atoms with Crippen LogP contribution in [0.15, 0.2) is 95.5 Å². The molecular weight excluding hydrogens is 824 g/mol. The molecule has 4 aromatic carbocycles. The van der Waals surface area contributed by atoms with E-state index in [0.29, 0.717) is 28.2 Å². The fourth-order valence-electron chi connectivity index (χ4n) is 6.98.